The number of hydrogen-bond acceptors (Lipinski definition) is 5. The smallest absolute Gasteiger partial charge is 0.417 e. The van der Waals surface area contributed by atoms with Crippen LogP contribution in [0.25, 0.3) is 0 Å². The summed E-state index contributed by atoms with van der Waals surface area (Å²) in [4.78, 5) is 1.95. The van der Waals surface area contributed by atoms with Gasteiger partial charge in [0.15, 0.2) is 0 Å². The quantitative estimate of drug-likeness (QED) is 0.695. The number of aliphatic hydroxyl groups excluding tert-OH is 1. The van der Waals surface area contributed by atoms with E-state index in [2.05, 4.69) is 0 Å². The first-order valence-electron chi connectivity index (χ1n) is 9.27. The van der Waals surface area contributed by atoms with E-state index in [-0.39, 0.29) is 36.6 Å². The van der Waals surface area contributed by atoms with Gasteiger partial charge in [0, 0.05) is 19.6 Å². The van der Waals surface area contributed by atoms with E-state index in [9.17, 15) is 23.4 Å². The molecular weight excluding hydrogens is 411 g/mol. The third-order valence-corrected chi connectivity index (χ3v) is 5.43. The number of nitrogens with zero attached hydrogens (tertiary/aromatic N) is 1. The number of ether oxygens (including phenoxy) is 1. The molecule has 1 aliphatic heterocycles. The Balaban J connectivity index is 1.51. The molecule has 160 valence electrons. The van der Waals surface area contributed by atoms with Crippen LogP contribution in [0.3, 0.4) is 0 Å². The van der Waals surface area contributed by atoms with E-state index in [1.54, 1.807) is 18.4 Å². The van der Waals surface area contributed by atoms with Crippen molar-refractivity contribution in [3.05, 3.63) is 58.5 Å². The summed E-state index contributed by atoms with van der Waals surface area (Å²) in [5.74, 6) is 0.668. The maximum atomic E-state index is 13.1. The van der Waals surface area contributed by atoms with Gasteiger partial charge in [0.05, 0.1) is 35.2 Å². The Labute approximate surface area is 171 Å². The lowest BCUT2D eigenvalue weighted by molar-refractivity contribution is -0.137. The molecule has 1 unspecified atom stereocenters. The molecule has 2 N–H and O–H groups in total. The normalized spacial score (nSPS) is 18.7. The lowest BCUT2D eigenvalue weighted by Gasteiger charge is -2.39. The zero-order valence-corrected chi connectivity index (χ0v) is 16.4. The topological polar surface area (TPSA) is 66.1 Å². The van der Waals surface area contributed by atoms with Crippen molar-refractivity contribution in [3.63, 3.8) is 0 Å². The monoisotopic (exact) mass is 433 g/mol. The molecule has 1 aromatic carbocycles. The third kappa shape index (κ3) is 5.73. The molecule has 1 fully saturated rings. The van der Waals surface area contributed by atoms with Gasteiger partial charge in [-0.1, -0.05) is 17.7 Å². The minimum absolute atomic E-state index is 0.133. The Kier molecular flexibility index (Phi) is 6.90. The molecule has 3 rings (SSSR count). The summed E-state index contributed by atoms with van der Waals surface area (Å²) in [6.07, 6.45) is -3.24. The standard InChI is InChI=1S/C20H23ClF3NO4/c21-18-4-3-14(10-17(18)20(22,23)24)19(27)5-7-25(8-6-19)11-15(26)12-28-13-16-2-1-9-29-16/h1-4,9-10,15,26-27H,5-8,11-13H2. The van der Waals surface area contributed by atoms with Crippen molar-refractivity contribution in [2.75, 3.05) is 26.2 Å². The van der Waals surface area contributed by atoms with Gasteiger partial charge in [0.1, 0.15) is 12.4 Å². The minimum atomic E-state index is -4.58. The van der Waals surface area contributed by atoms with Crippen LogP contribution >= 0.6 is 11.6 Å². The fourth-order valence-electron chi connectivity index (χ4n) is 3.47. The minimum Gasteiger partial charge on any atom is -0.467 e. The molecule has 0 amide bonds. The molecule has 2 aromatic rings. The van der Waals surface area contributed by atoms with Gasteiger partial charge in [0.25, 0.3) is 0 Å². The van der Waals surface area contributed by atoms with Gasteiger partial charge < -0.3 is 24.3 Å². The number of halogens is 4. The Morgan fingerprint density at radius 2 is 1.97 bits per heavy atom. The Hall–Kier alpha value is -1.58. The van der Waals surface area contributed by atoms with Crippen molar-refractivity contribution in [1.29, 1.82) is 0 Å². The first-order chi connectivity index (χ1) is 13.7. The molecule has 0 spiro atoms. The highest BCUT2D eigenvalue weighted by atomic mass is 35.5. The van der Waals surface area contributed by atoms with Crippen LogP contribution in [-0.2, 0) is 23.1 Å². The average molecular weight is 434 g/mol. The predicted molar refractivity (Wildman–Crippen MR) is 100 cm³/mol. The number of benzene rings is 1. The van der Waals surface area contributed by atoms with Crippen molar-refractivity contribution in [2.45, 2.75) is 37.3 Å². The first kappa shape index (κ1) is 22.1. The number of furan rings is 1. The van der Waals surface area contributed by atoms with Crippen LogP contribution in [0.1, 0.15) is 29.7 Å². The molecule has 0 bridgehead atoms. The van der Waals surface area contributed by atoms with E-state index in [0.717, 1.165) is 6.07 Å². The van der Waals surface area contributed by atoms with E-state index in [1.165, 1.54) is 12.1 Å². The van der Waals surface area contributed by atoms with Gasteiger partial charge in [-0.15, -0.1) is 0 Å². The second-order valence-corrected chi connectivity index (χ2v) is 7.68. The number of rotatable bonds is 7. The van der Waals surface area contributed by atoms with Crippen LogP contribution < -0.4 is 0 Å². The molecule has 1 aromatic heterocycles. The van der Waals surface area contributed by atoms with Gasteiger partial charge in [0.2, 0.25) is 0 Å². The van der Waals surface area contributed by atoms with Crippen molar-refractivity contribution in [1.82, 2.24) is 4.90 Å². The number of likely N-dealkylation sites (tertiary alicyclic amines) is 1. The van der Waals surface area contributed by atoms with E-state index in [4.69, 9.17) is 20.8 Å². The molecule has 1 saturated heterocycles. The molecular formula is C20H23ClF3NO4. The molecule has 2 heterocycles. The third-order valence-electron chi connectivity index (χ3n) is 5.10. The van der Waals surface area contributed by atoms with E-state index >= 15 is 0 Å². The van der Waals surface area contributed by atoms with Crippen LogP contribution in [-0.4, -0.2) is 47.5 Å². The van der Waals surface area contributed by atoms with Crippen molar-refractivity contribution in [2.24, 2.45) is 0 Å². The highest BCUT2D eigenvalue weighted by Crippen LogP contribution is 2.39. The maximum absolute atomic E-state index is 13.1. The maximum Gasteiger partial charge on any atom is 0.417 e. The lowest BCUT2D eigenvalue weighted by atomic mass is 9.83. The van der Waals surface area contributed by atoms with Crippen LogP contribution in [0, 0.1) is 0 Å². The molecule has 1 aliphatic rings. The number of aliphatic hydroxyl groups is 2. The fraction of sp³-hybridized carbons (Fsp3) is 0.500. The summed E-state index contributed by atoms with van der Waals surface area (Å²) in [5.41, 5.74) is -2.10. The zero-order chi connectivity index (χ0) is 21.1. The molecule has 0 radical (unpaired) electrons. The average Bonchev–Trinajstić information content (AvgIpc) is 3.16. The molecule has 1 atom stereocenters. The van der Waals surface area contributed by atoms with Crippen molar-refractivity contribution < 1.29 is 32.5 Å². The van der Waals surface area contributed by atoms with Crippen LogP contribution in [0.2, 0.25) is 5.02 Å². The number of β-amino-alcohol motifs (C(OH)–C–C–N with tert-alkyl or cyclic N) is 1. The van der Waals surface area contributed by atoms with Gasteiger partial charge in [-0.25, -0.2) is 0 Å². The highest BCUT2D eigenvalue weighted by Gasteiger charge is 2.38. The Morgan fingerprint density at radius 3 is 2.59 bits per heavy atom. The van der Waals surface area contributed by atoms with E-state index < -0.39 is 23.4 Å². The first-order valence-corrected chi connectivity index (χ1v) is 9.65. The summed E-state index contributed by atoms with van der Waals surface area (Å²) >= 11 is 5.66. The molecule has 29 heavy (non-hydrogen) atoms. The molecule has 9 heteroatoms. The van der Waals surface area contributed by atoms with Crippen LogP contribution in [0.15, 0.2) is 41.0 Å². The van der Waals surface area contributed by atoms with Gasteiger partial charge in [-0.3, -0.25) is 0 Å². The van der Waals surface area contributed by atoms with E-state index in [0.29, 0.717) is 25.4 Å². The predicted octanol–water partition coefficient (Wildman–Crippen LogP) is 3.81. The van der Waals surface area contributed by atoms with Crippen molar-refractivity contribution >= 4 is 11.6 Å². The SMILES string of the molecule is OC(COCc1ccco1)CN1CCC(O)(c2ccc(Cl)c(C(F)(F)F)c2)CC1. The summed E-state index contributed by atoms with van der Waals surface area (Å²) in [5, 5.41) is 20.6. The fourth-order valence-corrected chi connectivity index (χ4v) is 3.69. The van der Waals surface area contributed by atoms with Crippen LogP contribution in [0.5, 0.6) is 0 Å². The number of alkyl halides is 3. The Bertz CT molecular complexity index is 790. The number of piperidine rings is 1. The van der Waals surface area contributed by atoms with Crippen molar-refractivity contribution in [3.8, 4) is 0 Å². The van der Waals surface area contributed by atoms with Gasteiger partial charge in [-0.05, 0) is 42.7 Å². The summed E-state index contributed by atoms with van der Waals surface area (Å²) < 4.78 is 49.8. The van der Waals surface area contributed by atoms with Gasteiger partial charge in [-0.2, -0.15) is 13.2 Å². The molecule has 0 saturated carbocycles. The highest BCUT2D eigenvalue weighted by molar-refractivity contribution is 6.31. The Morgan fingerprint density at radius 1 is 1.24 bits per heavy atom. The molecule has 5 nitrogen and oxygen atoms in total. The molecule has 0 aliphatic carbocycles. The second kappa shape index (κ2) is 9.06. The van der Waals surface area contributed by atoms with Crippen LogP contribution in [0.4, 0.5) is 13.2 Å². The zero-order valence-electron chi connectivity index (χ0n) is 15.7. The summed E-state index contributed by atoms with van der Waals surface area (Å²) in [6.45, 7) is 1.63. The lowest BCUT2D eigenvalue weighted by Crippen LogP contribution is -2.45. The largest absolute Gasteiger partial charge is 0.467 e. The number of hydrogen-bond donors (Lipinski definition) is 2. The van der Waals surface area contributed by atoms with E-state index in [1.807, 2.05) is 4.90 Å². The second-order valence-electron chi connectivity index (χ2n) is 7.27. The van der Waals surface area contributed by atoms with Gasteiger partial charge >= 0.3 is 6.18 Å². The summed E-state index contributed by atoms with van der Waals surface area (Å²) in [7, 11) is 0. The summed E-state index contributed by atoms with van der Waals surface area (Å²) in [6, 6.07) is 7.06.